The first-order valence-corrected chi connectivity index (χ1v) is 6.28. The molecule has 0 aliphatic rings. The number of carboxylic acid groups (broad SMARTS) is 1. The molecule has 3 rings (SSSR count). The summed E-state index contributed by atoms with van der Waals surface area (Å²) >= 11 is 3.35. The normalized spacial score (nSPS) is 10.8. The van der Waals surface area contributed by atoms with Gasteiger partial charge in [0.2, 0.25) is 5.78 Å². The number of aromatic nitrogens is 3. The van der Waals surface area contributed by atoms with Crippen LogP contribution in [0.3, 0.4) is 0 Å². The van der Waals surface area contributed by atoms with E-state index in [1.807, 2.05) is 24.3 Å². The van der Waals surface area contributed by atoms with E-state index in [1.165, 1.54) is 4.40 Å². The number of nitrogens with zero attached hydrogens (tertiary/aromatic N) is 3. The van der Waals surface area contributed by atoms with Crippen molar-refractivity contribution in [2.24, 2.45) is 0 Å². The van der Waals surface area contributed by atoms with E-state index < -0.39 is 5.97 Å². The lowest BCUT2D eigenvalue weighted by atomic mass is 10.1. The molecule has 0 fully saturated rings. The van der Waals surface area contributed by atoms with Gasteiger partial charge in [-0.3, -0.25) is 4.40 Å². The third-order valence-electron chi connectivity index (χ3n) is 2.72. The predicted octanol–water partition coefficient (Wildman–Crippen LogP) is 2.86. The van der Waals surface area contributed by atoms with Gasteiger partial charge in [-0.2, -0.15) is 0 Å². The average molecular weight is 318 g/mol. The summed E-state index contributed by atoms with van der Waals surface area (Å²) < 4.78 is 2.40. The second kappa shape index (κ2) is 4.47. The lowest BCUT2D eigenvalue weighted by molar-refractivity contribution is 0.0690. The smallest absolute Gasteiger partial charge is 0.355 e. The van der Waals surface area contributed by atoms with E-state index in [-0.39, 0.29) is 5.69 Å². The van der Waals surface area contributed by atoms with Crippen molar-refractivity contribution in [1.29, 1.82) is 0 Å². The van der Waals surface area contributed by atoms with Gasteiger partial charge in [0.25, 0.3) is 0 Å². The average Bonchev–Trinajstić information content (AvgIpc) is 2.78. The van der Waals surface area contributed by atoms with Crippen LogP contribution in [0.1, 0.15) is 10.5 Å². The number of rotatable bonds is 2. The molecule has 0 aliphatic carbocycles. The van der Waals surface area contributed by atoms with Crippen LogP contribution >= 0.6 is 15.9 Å². The summed E-state index contributed by atoms with van der Waals surface area (Å²) in [6.45, 7) is 0. The maximum absolute atomic E-state index is 11.4. The van der Waals surface area contributed by atoms with Crippen molar-refractivity contribution in [3.63, 3.8) is 0 Å². The molecule has 19 heavy (non-hydrogen) atoms. The lowest BCUT2D eigenvalue weighted by Gasteiger charge is -2.00. The Bertz CT molecular complexity index is 765. The molecule has 0 bridgehead atoms. The van der Waals surface area contributed by atoms with Gasteiger partial charge < -0.3 is 5.11 Å². The molecule has 2 aromatic heterocycles. The van der Waals surface area contributed by atoms with E-state index in [4.69, 9.17) is 0 Å². The highest BCUT2D eigenvalue weighted by molar-refractivity contribution is 9.10. The fraction of sp³-hybridized carbons (Fsp3) is 0. The highest BCUT2D eigenvalue weighted by atomic mass is 79.9. The third kappa shape index (κ3) is 2.00. The van der Waals surface area contributed by atoms with Gasteiger partial charge in [-0.1, -0.05) is 28.1 Å². The molecule has 0 atom stereocenters. The highest BCUT2D eigenvalue weighted by Gasteiger charge is 2.20. The molecule has 3 aromatic rings. The molecular weight excluding hydrogens is 310 g/mol. The van der Waals surface area contributed by atoms with E-state index >= 15 is 0 Å². The predicted molar refractivity (Wildman–Crippen MR) is 73.1 cm³/mol. The molecule has 0 unspecified atom stereocenters. The van der Waals surface area contributed by atoms with Crippen molar-refractivity contribution >= 4 is 27.7 Å². The molecule has 94 valence electrons. The summed E-state index contributed by atoms with van der Waals surface area (Å²) in [4.78, 5) is 19.8. The molecule has 5 nitrogen and oxygen atoms in total. The Kier molecular flexibility index (Phi) is 2.79. The zero-order chi connectivity index (χ0) is 13.4. The SMILES string of the molecule is O=C(O)c1c(-c2ccc(Br)cc2)nc2ncccn12. The van der Waals surface area contributed by atoms with Crippen LogP contribution in [0.4, 0.5) is 0 Å². The zero-order valence-corrected chi connectivity index (χ0v) is 11.2. The van der Waals surface area contributed by atoms with Crippen LogP contribution in [-0.4, -0.2) is 25.4 Å². The second-order valence-corrected chi connectivity index (χ2v) is 4.83. The van der Waals surface area contributed by atoms with E-state index in [9.17, 15) is 9.90 Å². The van der Waals surface area contributed by atoms with Crippen LogP contribution in [0.2, 0.25) is 0 Å². The minimum atomic E-state index is -1.03. The quantitative estimate of drug-likeness (QED) is 0.789. The maximum Gasteiger partial charge on any atom is 0.355 e. The molecular formula is C13H8BrN3O2. The van der Waals surface area contributed by atoms with Crippen molar-refractivity contribution < 1.29 is 9.90 Å². The van der Waals surface area contributed by atoms with Crippen molar-refractivity contribution in [2.75, 3.05) is 0 Å². The Morgan fingerprint density at radius 3 is 2.68 bits per heavy atom. The second-order valence-electron chi connectivity index (χ2n) is 3.91. The molecule has 0 radical (unpaired) electrons. The lowest BCUT2D eigenvalue weighted by Crippen LogP contribution is -2.03. The largest absolute Gasteiger partial charge is 0.476 e. The minimum absolute atomic E-state index is 0.116. The Hall–Kier alpha value is -2.21. The first-order valence-electron chi connectivity index (χ1n) is 5.49. The van der Waals surface area contributed by atoms with Gasteiger partial charge in [0.15, 0.2) is 5.69 Å². The fourth-order valence-electron chi connectivity index (χ4n) is 1.90. The van der Waals surface area contributed by atoms with Gasteiger partial charge in [-0.05, 0) is 18.2 Å². The number of halogens is 1. The summed E-state index contributed by atoms with van der Waals surface area (Å²) in [7, 11) is 0. The van der Waals surface area contributed by atoms with Crippen molar-refractivity contribution in [3.05, 3.63) is 52.9 Å². The first-order chi connectivity index (χ1) is 9.16. The standard InChI is InChI=1S/C13H8BrN3O2/c14-9-4-2-8(3-5-9)10-11(12(18)19)17-7-1-6-15-13(17)16-10/h1-7H,(H,18,19). The number of aromatic carboxylic acids is 1. The molecule has 0 aliphatic heterocycles. The van der Waals surface area contributed by atoms with Crippen molar-refractivity contribution in [2.45, 2.75) is 0 Å². The molecule has 0 saturated carbocycles. The number of fused-ring (bicyclic) bond motifs is 1. The summed E-state index contributed by atoms with van der Waals surface area (Å²) in [6.07, 6.45) is 3.22. The number of carboxylic acids is 1. The Balaban J connectivity index is 2.31. The van der Waals surface area contributed by atoms with E-state index in [2.05, 4.69) is 25.9 Å². The highest BCUT2D eigenvalue weighted by Crippen LogP contribution is 2.25. The third-order valence-corrected chi connectivity index (χ3v) is 3.25. The van der Waals surface area contributed by atoms with Crippen LogP contribution < -0.4 is 0 Å². The van der Waals surface area contributed by atoms with Crippen molar-refractivity contribution in [1.82, 2.24) is 14.4 Å². The topological polar surface area (TPSA) is 67.5 Å². The Morgan fingerprint density at radius 2 is 2.00 bits per heavy atom. The number of carbonyl (C=O) groups is 1. The molecule has 6 heteroatoms. The van der Waals surface area contributed by atoms with E-state index in [0.717, 1.165) is 10.0 Å². The van der Waals surface area contributed by atoms with Crippen LogP contribution in [0.25, 0.3) is 17.0 Å². The summed E-state index contributed by atoms with van der Waals surface area (Å²) in [5.41, 5.74) is 1.27. The van der Waals surface area contributed by atoms with E-state index in [1.54, 1.807) is 18.5 Å². The van der Waals surface area contributed by atoms with Crippen LogP contribution in [-0.2, 0) is 0 Å². The Labute approximate surface area is 116 Å². The number of hydrogen-bond acceptors (Lipinski definition) is 3. The zero-order valence-electron chi connectivity index (χ0n) is 9.62. The minimum Gasteiger partial charge on any atom is -0.476 e. The summed E-state index contributed by atoms with van der Waals surface area (Å²) in [6, 6.07) is 9.00. The first kappa shape index (κ1) is 11.9. The molecule has 0 spiro atoms. The molecule has 0 amide bonds. The molecule has 1 N–H and O–H groups in total. The van der Waals surface area contributed by atoms with Gasteiger partial charge in [-0.25, -0.2) is 14.8 Å². The number of hydrogen-bond donors (Lipinski definition) is 1. The molecule has 1 aromatic carbocycles. The van der Waals surface area contributed by atoms with Crippen LogP contribution in [0, 0.1) is 0 Å². The summed E-state index contributed by atoms with van der Waals surface area (Å²) in [5.74, 6) is -0.656. The van der Waals surface area contributed by atoms with E-state index in [0.29, 0.717) is 11.5 Å². The number of imidazole rings is 1. The van der Waals surface area contributed by atoms with Crippen LogP contribution in [0.5, 0.6) is 0 Å². The van der Waals surface area contributed by atoms with Gasteiger partial charge >= 0.3 is 5.97 Å². The molecule has 0 saturated heterocycles. The van der Waals surface area contributed by atoms with Gasteiger partial charge in [0, 0.05) is 22.4 Å². The molecule has 2 heterocycles. The fourth-order valence-corrected chi connectivity index (χ4v) is 2.17. The van der Waals surface area contributed by atoms with Gasteiger partial charge in [-0.15, -0.1) is 0 Å². The monoisotopic (exact) mass is 317 g/mol. The van der Waals surface area contributed by atoms with Gasteiger partial charge in [0.05, 0.1) is 0 Å². The Morgan fingerprint density at radius 1 is 1.26 bits per heavy atom. The summed E-state index contributed by atoms with van der Waals surface area (Å²) in [5, 5.41) is 9.37. The van der Waals surface area contributed by atoms with Crippen LogP contribution in [0.15, 0.2) is 47.2 Å². The van der Waals surface area contributed by atoms with Crippen molar-refractivity contribution in [3.8, 4) is 11.3 Å². The number of benzene rings is 1. The maximum atomic E-state index is 11.4. The van der Waals surface area contributed by atoms with Gasteiger partial charge in [0.1, 0.15) is 5.69 Å².